The molecule has 4 aliphatic carbocycles. The number of Topliss-reactive ketones (excluding diaryl/α,β-unsaturated/α-hetero) is 1. The molecular formula is C25H34O6. The van der Waals surface area contributed by atoms with E-state index < -0.39 is 29.8 Å². The maximum atomic E-state index is 13.0. The summed E-state index contributed by atoms with van der Waals surface area (Å²) in [5.41, 5.74) is 0.262. The summed E-state index contributed by atoms with van der Waals surface area (Å²) in [6, 6.07) is 0. The molecule has 1 saturated heterocycles. The van der Waals surface area contributed by atoms with Crippen molar-refractivity contribution in [2.24, 2.45) is 34.5 Å². The van der Waals surface area contributed by atoms with Crippen LogP contribution in [-0.4, -0.2) is 46.6 Å². The highest BCUT2D eigenvalue weighted by Crippen LogP contribution is 2.70. The lowest BCUT2D eigenvalue weighted by molar-refractivity contribution is -0.462. The average Bonchev–Trinajstić information content (AvgIpc) is 2.96. The van der Waals surface area contributed by atoms with Gasteiger partial charge in [-0.1, -0.05) is 38.8 Å². The highest BCUT2D eigenvalue weighted by Gasteiger charge is 2.73. The van der Waals surface area contributed by atoms with Crippen molar-refractivity contribution in [1.82, 2.24) is 0 Å². The Morgan fingerprint density at radius 1 is 1.26 bits per heavy atom. The molecule has 5 aliphatic rings. The first kappa shape index (κ1) is 21.5. The molecule has 0 aromatic rings. The van der Waals surface area contributed by atoms with Crippen molar-refractivity contribution >= 4 is 11.6 Å². The molecule has 1 heterocycles. The van der Waals surface area contributed by atoms with Gasteiger partial charge in [-0.3, -0.25) is 9.59 Å². The molecule has 4 fully saturated rings. The van der Waals surface area contributed by atoms with E-state index >= 15 is 0 Å². The minimum absolute atomic E-state index is 0.0125. The van der Waals surface area contributed by atoms with Crippen LogP contribution in [0.2, 0.25) is 0 Å². The van der Waals surface area contributed by atoms with Gasteiger partial charge in [-0.05, 0) is 55.1 Å². The second-order valence-corrected chi connectivity index (χ2v) is 10.8. The zero-order chi connectivity index (χ0) is 22.2. The van der Waals surface area contributed by atoms with E-state index in [0.29, 0.717) is 12.8 Å². The van der Waals surface area contributed by atoms with Crippen molar-refractivity contribution in [3.05, 3.63) is 23.8 Å². The van der Waals surface area contributed by atoms with E-state index in [9.17, 15) is 19.8 Å². The van der Waals surface area contributed by atoms with Crippen molar-refractivity contribution in [3.63, 3.8) is 0 Å². The van der Waals surface area contributed by atoms with Crippen molar-refractivity contribution in [2.45, 2.75) is 77.5 Å². The molecule has 5 rings (SSSR count). The molecule has 0 radical (unpaired) electrons. The molecular weight excluding hydrogens is 396 g/mol. The molecule has 0 aromatic carbocycles. The zero-order valence-electron chi connectivity index (χ0n) is 18.7. The van der Waals surface area contributed by atoms with E-state index in [0.717, 1.165) is 31.3 Å². The van der Waals surface area contributed by atoms with Crippen molar-refractivity contribution < 1.29 is 29.3 Å². The number of aliphatic hydroxyl groups excluding tert-OH is 2. The van der Waals surface area contributed by atoms with Crippen LogP contribution >= 0.6 is 0 Å². The molecule has 3 saturated carbocycles. The number of carbonyl (C=O) groups excluding carboxylic acids is 2. The third-order valence-corrected chi connectivity index (χ3v) is 9.20. The maximum absolute atomic E-state index is 13.0. The molecule has 1 spiro atoms. The summed E-state index contributed by atoms with van der Waals surface area (Å²) in [6.45, 7) is 5.75. The topological polar surface area (TPSA) is 93.1 Å². The van der Waals surface area contributed by atoms with Gasteiger partial charge in [-0.25, -0.2) is 0 Å². The molecule has 0 aromatic heterocycles. The molecule has 0 bridgehead atoms. The van der Waals surface area contributed by atoms with Gasteiger partial charge >= 0.3 is 0 Å². The molecule has 2 N–H and O–H groups in total. The molecule has 170 valence electrons. The fourth-order valence-electron chi connectivity index (χ4n) is 8.09. The molecule has 6 heteroatoms. The number of hydrogen-bond acceptors (Lipinski definition) is 6. The third kappa shape index (κ3) is 2.84. The van der Waals surface area contributed by atoms with E-state index in [4.69, 9.17) is 9.47 Å². The second-order valence-electron chi connectivity index (χ2n) is 10.8. The SMILES string of the molecule is CCCC1OC2(C[C@H]3[C@@H]4CCC5=CC(=O)C=C[C@]5(C)[C@H]4[C@@H](O)C[C@]3(C)C2C(=O)CO)O1. The van der Waals surface area contributed by atoms with Gasteiger partial charge < -0.3 is 19.7 Å². The van der Waals surface area contributed by atoms with E-state index in [1.165, 1.54) is 0 Å². The quantitative estimate of drug-likeness (QED) is 0.712. The summed E-state index contributed by atoms with van der Waals surface area (Å²) in [5.74, 6) is -1.46. The minimum atomic E-state index is -0.983. The Hall–Kier alpha value is -1.34. The van der Waals surface area contributed by atoms with Crippen LogP contribution < -0.4 is 0 Å². The second kappa shape index (κ2) is 7.08. The van der Waals surface area contributed by atoms with Crippen molar-refractivity contribution in [3.8, 4) is 0 Å². The monoisotopic (exact) mass is 430 g/mol. The smallest absolute Gasteiger partial charge is 0.185 e. The fraction of sp³-hybridized carbons (Fsp3) is 0.760. The highest BCUT2D eigenvalue weighted by molar-refractivity contribution is 6.01. The number of aliphatic hydroxyl groups is 2. The first-order chi connectivity index (χ1) is 14.7. The van der Waals surface area contributed by atoms with E-state index in [1.807, 2.05) is 6.08 Å². The zero-order valence-corrected chi connectivity index (χ0v) is 18.7. The summed E-state index contributed by atoms with van der Waals surface area (Å²) in [7, 11) is 0. The first-order valence-electron chi connectivity index (χ1n) is 11.8. The predicted octanol–water partition coefficient (Wildman–Crippen LogP) is 2.92. The Balaban J connectivity index is 1.52. The van der Waals surface area contributed by atoms with Crippen LogP contribution in [-0.2, 0) is 19.1 Å². The summed E-state index contributed by atoms with van der Waals surface area (Å²) in [4.78, 5) is 25.0. The highest BCUT2D eigenvalue weighted by atomic mass is 16.9. The average molecular weight is 431 g/mol. The third-order valence-electron chi connectivity index (χ3n) is 9.20. The summed E-state index contributed by atoms with van der Waals surface area (Å²) < 4.78 is 12.6. The van der Waals surface area contributed by atoms with Crippen LogP contribution in [0.3, 0.4) is 0 Å². The number of ketones is 2. The van der Waals surface area contributed by atoms with Gasteiger partial charge in [0.1, 0.15) is 6.61 Å². The van der Waals surface area contributed by atoms with Gasteiger partial charge in [0.15, 0.2) is 23.6 Å². The van der Waals surface area contributed by atoms with Crippen LogP contribution in [0.15, 0.2) is 23.8 Å². The first-order valence-corrected chi connectivity index (χ1v) is 11.8. The Morgan fingerprint density at radius 3 is 2.68 bits per heavy atom. The Labute approximate surface area is 183 Å². The van der Waals surface area contributed by atoms with Gasteiger partial charge in [0.25, 0.3) is 0 Å². The van der Waals surface area contributed by atoms with Crippen molar-refractivity contribution in [2.75, 3.05) is 6.61 Å². The number of carbonyl (C=O) groups is 2. The van der Waals surface area contributed by atoms with E-state index in [1.54, 1.807) is 12.2 Å². The fourth-order valence-corrected chi connectivity index (χ4v) is 8.09. The molecule has 6 nitrogen and oxygen atoms in total. The molecule has 1 unspecified atom stereocenters. The molecule has 1 aliphatic heterocycles. The lowest BCUT2D eigenvalue weighted by Crippen LogP contribution is -2.61. The number of rotatable bonds is 4. The van der Waals surface area contributed by atoms with Crippen LogP contribution in [0.1, 0.15) is 59.3 Å². The van der Waals surface area contributed by atoms with Gasteiger partial charge in [0.2, 0.25) is 0 Å². The Bertz CT molecular complexity index is 854. The van der Waals surface area contributed by atoms with Crippen LogP contribution in [0, 0.1) is 34.5 Å². The maximum Gasteiger partial charge on any atom is 0.185 e. The standard InChI is InChI=1S/C25H34O6/c1-4-5-20-30-25(31-20)11-17-16-7-6-14-10-15(27)8-9-23(14,2)21(16)18(28)12-24(17,3)22(25)19(29)13-26/h8-10,16-18,20-22,26,28H,4-7,11-13H2,1-3H3/t16-,17-,18-,20?,21+,22?,23-,24-,25?/m0/s1. The van der Waals surface area contributed by atoms with Crippen LogP contribution in [0.5, 0.6) is 0 Å². The molecule has 7 atom stereocenters. The number of hydrogen-bond donors (Lipinski definition) is 2. The normalized spacial score (nSPS) is 50.4. The van der Waals surface area contributed by atoms with Gasteiger partial charge in [0, 0.05) is 17.8 Å². The van der Waals surface area contributed by atoms with Crippen molar-refractivity contribution in [1.29, 1.82) is 0 Å². The van der Waals surface area contributed by atoms with Gasteiger partial charge in [-0.2, -0.15) is 0 Å². The van der Waals surface area contributed by atoms with E-state index in [2.05, 4.69) is 20.8 Å². The Morgan fingerprint density at radius 2 is 2.00 bits per heavy atom. The predicted molar refractivity (Wildman–Crippen MR) is 113 cm³/mol. The van der Waals surface area contributed by atoms with E-state index in [-0.39, 0.29) is 41.0 Å². The molecule has 0 amide bonds. The van der Waals surface area contributed by atoms with Crippen LogP contribution in [0.25, 0.3) is 0 Å². The summed E-state index contributed by atoms with van der Waals surface area (Å²) >= 11 is 0. The van der Waals surface area contributed by atoms with Gasteiger partial charge in [0.05, 0.1) is 12.0 Å². The van der Waals surface area contributed by atoms with Crippen LogP contribution in [0.4, 0.5) is 0 Å². The largest absolute Gasteiger partial charge is 0.393 e. The summed E-state index contributed by atoms with van der Waals surface area (Å²) in [6.07, 6.45) is 8.96. The number of fused-ring (bicyclic) bond motifs is 5. The lowest BCUT2D eigenvalue weighted by atomic mass is 9.46. The lowest BCUT2D eigenvalue weighted by Gasteiger charge is -2.58. The van der Waals surface area contributed by atoms with Gasteiger partial charge in [-0.15, -0.1) is 0 Å². The number of ether oxygens (including phenoxy) is 2. The molecule has 31 heavy (non-hydrogen) atoms. The number of allylic oxidation sites excluding steroid dienone is 4. The minimum Gasteiger partial charge on any atom is -0.393 e. The Kier molecular flexibility index (Phi) is 4.91. The summed E-state index contributed by atoms with van der Waals surface area (Å²) in [5, 5.41) is 21.2.